The highest BCUT2D eigenvalue weighted by Crippen LogP contribution is 2.23. The van der Waals surface area contributed by atoms with Gasteiger partial charge in [-0.3, -0.25) is 14.9 Å². The summed E-state index contributed by atoms with van der Waals surface area (Å²) >= 11 is 1.26. The van der Waals surface area contributed by atoms with Crippen LogP contribution < -0.4 is 15.5 Å². The Morgan fingerprint density at radius 3 is 2.54 bits per heavy atom. The van der Waals surface area contributed by atoms with E-state index in [4.69, 9.17) is 0 Å². The molecule has 2 amide bonds. The van der Waals surface area contributed by atoms with Crippen molar-refractivity contribution in [3.05, 3.63) is 29.4 Å². The first-order valence-electron chi connectivity index (χ1n) is 9.53. The first kappa shape index (κ1) is 20.2. The molecule has 0 saturated carbocycles. The molecule has 3 rings (SSSR count). The number of nitrogens with one attached hydrogen (secondary N) is 2. The molecule has 1 unspecified atom stereocenters. The molecule has 0 aromatic carbocycles. The Morgan fingerprint density at radius 1 is 1.21 bits per heavy atom. The summed E-state index contributed by atoms with van der Waals surface area (Å²) in [5, 5.41) is 13.7. The monoisotopic (exact) mass is 402 g/mol. The van der Waals surface area contributed by atoms with Gasteiger partial charge in [-0.25, -0.2) is 4.98 Å². The number of carbonyl (C=O) groups excluding carboxylic acids is 2. The van der Waals surface area contributed by atoms with Crippen LogP contribution >= 0.6 is 11.3 Å². The van der Waals surface area contributed by atoms with Crippen molar-refractivity contribution in [3.63, 3.8) is 0 Å². The standard InChI is InChI=1S/C19H26N6O2S/c1-12(2)13(3)22-17(26)14-6-8-25(9-7-14)16-5-4-15(10-20-16)18(27)23-19-24-21-11-28-19/h4-5,10-14H,6-9H2,1-3H3,(H,22,26)(H,23,24,27). The molecule has 0 spiro atoms. The van der Waals surface area contributed by atoms with Crippen molar-refractivity contribution < 1.29 is 9.59 Å². The Balaban J connectivity index is 1.52. The topological polar surface area (TPSA) is 100 Å². The average Bonchev–Trinajstić information content (AvgIpc) is 3.21. The van der Waals surface area contributed by atoms with Crippen LogP contribution in [0.3, 0.4) is 0 Å². The predicted molar refractivity (Wildman–Crippen MR) is 109 cm³/mol. The minimum Gasteiger partial charge on any atom is -0.357 e. The summed E-state index contributed by atoms with van der Waals surface area (Å²) in [7, 11) is 0. The molecule has 28 heavy (non-hydrogen) atoms. The van der Waals surface area contributed by atoms with E-state index in [1.165, 1.54) is 11.3 Å². The molecule has 2 aromatic rings. The number of nitrogens with zero attached hydrogens (tertiary/aromatic N) is 4. The third kappa shape index (κ3) is 5.03. The summed E-state index contributed by atoms with van der Waals surface area (Å²) in [6.07, 6.45) is 3.17. The van der Waals surface area contributed by atoms with Crippen LogP contribution in [0.25, 0.3) is 0 Å². The molecule has 1 aliphatic heterocycles. The van der Waals surface area contributed by atoms with E-state index in [2.05, 4.69) is 44.6 Å². The zero-order chi connectivity index (χ0) is 20.1. The number of hydrogen-bond donors (Lipinski definition) is 2. The minimum atomic E-state index is -0.259. The zero-order valence-corrected chi connectivity index (χ0v) is 17.2. The molecule has 150 valence electrons. The van der Waals surface area contributed by atoms with Crippen molar-refractivity contribution >= 4 is 34.1 Å². The molecule has 1 fully saturated rings. The lowest BCUT2D eigenvalue weighted by atomic mass is 9.95. The molecule has 9 heteroatoms. The summed E-state index contributed by atoms with van der Waals surface area (Å²) < 4.78 is 0. The van der Waals surface area contributed by atoms with E-state index >= 15 is 0 Å². The number of pyridine rings is 1. The second-order valence-electron chi connectivity index (χ2n) is 7.41. The molecule has 3 heterocycles. The Bertz CT molecular complexity index is 785. The van der Waals surface area contributed by atoms with Crippen LogP contribution in [0.2, 0.25) is 0 Å². The number of hydrogen-bond acceptors (Lipinski definition) is 7. The zero-order valence-electron chi connectivity index (χ0n) is 16.4. The van der Waals surface area contributed by atoms with Crippen LogP contribution in [-0.2, 0) is 4.79 Å². The van der Waals surface area contributed by atoms with Crippen LogP contribution in [0.5, 0.6) is 0 Å². The number of amides is 2. The highest BCUT2D eigenvalue weighted by molar-refractivity contribution is 7.13. The number of rotatable bonds is 6. The number of aromatic nitrogens is 3. The summed E-state index contributed by atoms with van der Waals surface area (Å²) in [6.45, 7) is 7.81. The van der Waals surface area contributed by atoms with Gasteiger partial charge in [0.25, 0.3) is 5.91 Å². The van der Waals surface area contributed by atoms with Crippen LogP contribution in [0.4, 0.5) is 10.9 Å². The molecule has 1 saturated heterocycles. The maximum absolute atomic E-state index is 12.4. The van der Waals surface area contributed by atoms with Gasteiger partial charge in [0, 0.05) is 31.2 Å². The molecular formula is C19H26N6O2S. The molecule has 8 nitrogen and oxygen atoms in total. The van der Waals surface area contributed by atoms with Gasteiger partial charge >= 0.3 is 0 Å². The molecule has 2 aromatic heterocycles. The highest BCUT2D eigenvalue weighted by Gasteiger charge is 2.26. The molecule has 0 radical (unpaired) electrons. The highest BCUT2D eigenvalue weighted by atomic mass is 32.1. The Hall–Kier alpha value is -2.55. The molecule has 1 aliphatic rings. The van der Waals surface area contributed by atoms with E-state index in [0.717, 1.165) is 31.7 Å². The second-order valence-corrected chi connectivity index (χ2v) is 8.24. The summed E-state index contributed by atoms with van der Waals surface area (Å²) in [4.78, 5) is 31.2. The molecule has 2 N–H and O–H groups in total. The maximum Gasteiger partial charge on any atom is 0.259 e. The van der Waals surface area contributed by atoms with E-state index < -0.39 is 0 Å². The van der Waals surface area contributed by atoms with Gasteiger partial charge in [0.15, 0.2) is 0 Å². The fraction of sp³-hybridized carbons (Fsp3) is 0.526. The summed E-state index contributed by atoms with van der Waals surface area (Å²) in [5.41, 5.74) is 2.03. The Labute approximate surface area is 168 Å². The first-order valence-corrected chi connectivity index (χ1v) is 10.4. The van der Waals surface area contributed by atoms with E-state index in [9.17, 15) is 9.59 Å². The van der Waals surface area contributed by atoms with Crippen molar-refractivity contribution in [3.8, 4) is 0 Å². The third-order valence-electron chi connectivity index (χ3n) is 5.15. The number of anilines is 2. The van der Waals surface area contributed by atoms with E-state index in [1.54, 1.807) is 17.8 Å². The molecule has 0 bridgehead atoms. The van der Waals surface area contributed by atoms with Gasteiger partial charge in [-0.2, -0.15) is 0 Å². The number of piperidine rings is 1. The van der Waals surface area contributed by atoms with Gasteiger partial charge in [-0.1, -0.05) is 25.2 Å². The third-order valence-corrected chi connectivity index (χ3v) is 5.76. The lowest BCUT2D eigenvalue weighted by molar-refractivity contribution is -0.126. The van der Waals surface area contributed by atoms with Crippen LogP contribution in [0, 0.1) is 11.8 Å². The van der Waals surface area contributed by atoms with E-state index in [1.807, 2.05) is 13.0 Å². The van der Waals surface area contributed by atoms with Gasteiger partial charge < -0.3 is 10.2 Å². The summed E-state index contributed by atoms with van der Waals surface area (Å²) in [5.74, 6) is 1.19. The Morgan fingerprint density at radius 2 is 1.96 bits per heavy atom. The largest absolute Gasteiger partial charge is 0.357 e. The average molecular weight is 403 g/mol. The van der Waals surface area contributed by atoms with Crippen molar-refractivity contribution in [2.75, 3.05) is 23.3 Å². The maximum atomic E-state index is 12.4. The molecular weight excluding hydrogens is 376 g/mol. The lowest BCUT2D eigenvalue weighted by Crippen LogP contribution is -2.44. The smallest absolute Gasteiger partial charge is 0.259 e. The fourth-order valence-corrected chi connectivity index (χ4v) is 3.42. The van der Waals surface area contributed by atoms with Crippen LogP contribution in [-0.4, -0.2) is 46.1 Å². The molecule has 1 atom stereocenters. The summed E-state index contributed by atoms with van der Waals surface area (Å²) in [6, 6.07) is 3.78. The SMILES string of the molecule is CC(C)C(C)NC(=O)C1CCN(c2ccc(C(=O)Nc3nncs3)cn2)CC1. The van der Waals surface area contributed by atoms with Gasteiger partial charge in [0.05, 0.1) is 5.56 Å². The van der Waals surface area contributed by atoms with E-state index in [0.29, 0.717) is 16.6 Å². The molecule has 0 aliphatic carbocycles. The van der Waals surface area contributed by atoms with Crippen molar-refractivity contribution in [2.24, 2.45) is 11.8 Å². The van der Waals surface area contributed by atoms with Crippen molar-refractivity contribution in [1.82, 2.24) is 20.5 Å². The normalized spacial score (nSPS) is 16.1. The van der Waals surface area contributed by atoms with Crippen molar-refractivity contribution in [1.29, 1.82) is 0 Å². The van der Waals surface area contributed by atoms with Crippen LogP contribution in [0.1, 0.15) is 44.0 Å². The van der Waals surface area contributed by atoms with Gasteiger partial charge in [0.2, 0.25) is 11.0 Å². The first-order chi connectivity index (χ1) is 13.4. The van der Waals surface area contributed by atoms with Crippen molar-refractivity contribution in [2.45, 2.75) is 39.7 Å². The quantitative estimate of drug-likeness (QED) is 0.770. The van der Waals surface area contributed by atoms with Crippen LogP contribution in [0.15, 0.2) is 23.8 Å². The Kier molecular flexibility index (Phi) is 6.56. The van der Waals surface area contributed by atoms with Gasteiger partial charge in [0.1, 0.15) is 11.3 Å². The fourth-order valence-electron chi connectivity index (χ4n) is 2.98. The second kappa shape index (κ2) is 9.09. The minimum absolute atomic E-state index is 0.0504. The lowest BCUT2D eigenvalue weighted by Gasteiger charge is -2.33. The van der Waals surface area contributed by atoms with E-state index in [-0.39, 0.29) is 23.8 Å². The van der Waals surface area contributed by atoms with Gasteiger partial charge in [-0.15, -0.1) is 10.2 Å². The predicted octanol–water partition coefficient (Wildman–Crippen LogP) is 2.56. The number of carbonyl (C=O) groups is 2. The van der Waals surface area contributed by atoms with Gasteiger partial charge in [-0.05, 0) is 37.8 Å².